The molecule has 1 aliphatic rings. The van der Waals surface area contributed by atoms with Crippen molar-refractivity contribution in [1.82, 2.24) is 0 Å². The number of aryl methyl sites for hydroxylation is 1. The molecule has 29 heavy (non-hydrogen) atoms. The van der Waals surface area contributed by atoms with E-state index < -0.39 is 35.5 Å². The van der Waals surface area contributed by atoms with E-state index in [4.69, 9.17) is 17.0 Å². The number of halogens is 2. The van der Waals surface area contributed by atoms with Crippen molar-refractivity contribution in [2.24, 2.45) is 0 Å². The van der Waals surface area contributed by atoms with Gasteiger partial charge in [-0.2, -0.15) is 0 Å². The van der Waals surface area contributed by atoms with E-state index in [2.05, 4.69) is 89.5 Å². The second-order valence-electron chi connectivity index (χ2n) is 10.4. The maximum absolute atomic E-state index is 6.58. The predicted molar refractivity (Wildman–Crippen MR) is 135 cm³/mol. The Bertz CT molecular complexity index is 934. The summed E-state index contributed by atoms with van der Waals surface area (Å²) in [4.78, 5) is 0. The third kappa shape index (κ3) is 4.80. The van der Waals surface area contributed by atoms with E-state index in [9.17, 15) is 0 Å². The second kappa shape index (κ2) is 8.55. The molecule has 0 spiro atoms. The van der Waals surface area contributed by atoms with Crippen LogP contribution >= 0.6 is 17.0 Å². The molecule has 0 radical (unpaired) electrons. The molecule has 0 aliphatic heterocycles. The fraction of sp³-hybridized carbons (Fsp3) is 0.417. The summed E-state index contributed by atoms with van der Waals surface area (Å²) < 4.78 is 0.289. The fourth-order valence-corrected chi connectivity index (χ4v) is 12.4. The minimum atomic E-state index is -2.43. The van der Waals surface area contributed by atoms with Gasteiger partial charge in [-0.05, 0) is 0 Å². The summed E-state index contributed by atoms with van der Waals surface area (Å²) in [5.74, 6) is 0. The van der Waals surface area contributed by atoms with Gasteiger partial charge in [0.1, 0.15) is 0 Å². The van der Waals surface area contributed by atoms with Crippen molar-refractivity contribution in [1.29, 1.82) is 0 Å². The monoisotopic (exact) mass is 537 g/mol. The average molecular weight is 540 g/mol. The number of allylic oxidation sites excluding steroid dienone is 1. The van der Waals surface area contributed by atoms with Crippen LogP contribution in [0.3, 0.4) is 0 Å². The van der Waals surface area contributed by atoms with Crippen molar-refractivity contribution in [3.05, 3.63) is 52.6 Å². The van der Waals surface area contributed by atoms with Gasteiger partial charge in [0.25, 0.3) is 0 Å². The quantitative estimate of drug-likeness (QED) is 0.348. The summed E-state index contributed by atoms with van der Waals surface area (Å²) in [5.41, 5.74) is 8.33. The molecule has 0 saturated heterocycles. The Morgan fingerprint density at radius 3 is 1.90 bits per heavy atom. The zero-order valence-electron chi connectivity index (χ0n) is 19.0. The van der Waals surface area contributed by atoms with Crippen molar-refractivity contribution in [3.63, 3.8) is 0 Å². The zero-order valence-corrected chi connectivity index (χ0v) is 25.0. The van der Waals surface area contributed by atoms with Crippen LogP contribution in [0.25, 0.3) is 17.2 Å². The van der Waals surface area contributed by atoms with Gasteiger partial charge in [0, 0.05) is 0 Å². The maximum atomic E-state index is 6.58. The molecule has 0 amide bonds. The van der Waals surface area contributed by atoms with Crippen LogP contribution in [0.5, 0.6) is 0 Å². The Hall–Kier alpha value is 0.0769. The molecule has 2 aromatic carbocycles. The van der Waals surface area contributed by atoms with Gasteiger partial charge in [-0.25, -0.2) is 0 Å². The van der Waals surface area contributed by atoms with E-state index in [1.54, 1.807) is 10.4 Å². The van der Waals surface area contributed by atoms with Gasteiger partial charge in [0.15, 0.2) is 0 Å². The van der Waals surface area contributed by atoms with Gasteiger partial charge in [-0.1, -0.05) is 0 Å². The van der Waals surface area contributed by atoms with Crippen LogP contribution in [-0.2, 0) is 25.8 Å². The average Bonchev–Trinajstić information content (AvgIpc) is 2.94. The molecular weight excluding hydrogens is 507 g/mol. The van der Waals surface area contributed by atoms with Gasteiger partial charge in [-0.3, -0.25) is 0 Å². The van der Waals surface area contributed by atoms with Crippen molar-refractivity contribution >= 4 is 49.6 Å². The first-order valence-corrected chi connectivity index (χ1v) is 25.3. The number of fused-ring (bicyclic) bond motifs is 1. The number of rotatable bonds is 5. The predicted octanol–water partition coefficient (Wildman–Crippen LogP) is 7.39. The molecule has 0 aromatic heterocycles. The van der Waals surface area contributed by atoms with E-state index in [1.807, 2.05) is 0 Å². The van der Waals surface area contributed by atoms with Gasteiger partial charge in [0.05, 0.1) is 0 Å². The summed E-state index contributed by atoms with van der Waals surface area (Å²) >= 11 is -2.43. The summed E-state index contributed by atoms with van der Waals surface area (Å²) in [7, 11) is 10.3. The molecule has 0 saturated carbocycles. The van der Waals surface area contributed by atoms with Crippen molar-refractivity contribution < 1.29 is 19.4 Å². The number of hydrogen-bond donors (Lipinski definition) is 0. The van der Waals surface area contributed by atoms with Gasteiger partial charge in [-0.15, -0.1) is 0 Å². The van der Waals surface area contributed by atoms with E-state index in [-0.39, 0.29) is 3.63 Å². The third-order valence-electron chi connectivity index (χ3n) is 6.06. The Labute approximate surface area is 194 Å². The van der Waals surface area contributed by atoms with Crippen molar-refractivity contribution in [3.8, 4) is 11.1 Å². The number of benzene rings is 2. The van der Waals surface area contributed by atoms with E-state index in [0.717, 1.165) is 6.42 Å². The van der Waals surface area contributed by atoms with E-state index >= 15 is 0 Å². The van der Waals surface area contributed by atoms with Crippen LogP contribution in [0, 0.1) is 0 Å². The van der Waals surface area contributed by atoms with E-state index in [1.165, 1.54) is 33.4 Å². The Kier molecular flexibility index (Phi) is 6.99. The van der Waals surface area contributed by atoms with Crippen LogP contribution in [0.15, 0.2) is 35.9 Å². The topological polar surface area (TPSA) is 0 Å². The molecule has 5 heteroatoms. The molecule has 2 aromatic rings. The summed E-state index contributed by atoms with van der Waals surface area (Å²) in [6.45, 7) is 19.2. The molecule has 1 aliphatic carbocycles. The van der Waals surface area contributed by atoms with Gasteiger partial charge in [0.2, 0.25) is 0 Å². The molecular formula is C24H33Cl2Si2Zr. The van der Waals surface area contributed by atoms with Gasteiger partial charge < -0.3 is 0 Å². The van der Waals surface area contributed by atoms with Gasteiger partial charge >= 0.3 is 196 Å². The first kappa shape index (κ1) is 23.7. The number of hydrogen-bond acceptors (Lipinski definition) is 0. The normalized spacial score (nSPS) is 16.6. The molecule has 3 rings (SSSR count). The van der Waals surface area contributed by atoms with Crippen LogP contribution in [0.2, 0.25) is 39.3 Å². The summed E-state index contributed by atoms with van der Waals surface area (Å²) in [6.07, 6.45) is 3.40. The summed E-state index contributed by atoms with van der Waals surface area (Å²) in [6, 6.07) is 12.1. The fourth-order valence-electron chi connectivity index (χ4n) is 4.21. The van der Waals surface area contributed by atoms with Crippen LogP contribution in [0.1, 0.15) is 34.2 Å². The third-order valence-corrected chi connectivity index (χ3v) is 15.6. The van der Waals surface area contributed by atoms with E-state index in [0.29, 0.717) is 0 Å². The molecule has 0 bridgehead atoms. The van der Waals surface area contributed by atoms with Crippen LogP contribution in [0.4, 0.5) is 0 Å². The molecule has 155 valence electrons. The van der Waals surface area contributed by atoms with Crippen molar-refractivity contribution in [2.45, 2.75) is 63.2 Å². The minimum absolute atomic E-state index is 0.289. The molecule has 1 atom stereocenters. The molecule has 0 nitrogen and oxygen atoms in total. The standard InChI is InChI=1S/C24H33Si2.2ClH.Zr/c1-9-18-10-11-19-12-17(2)13-23(19)24(18)20-14-21(25(3,4)5)16-22(15-20)26(6,7)8;;;/h10-16H,9H2,1-8H3;2*1H;/q;;;+2/p-2. The Morgan fingerprint density at radius 1 is 0.897 bits per heavy atom. The van der Waals surface area contributed by atoms with Crippen molar-refractivity contribution in [2.75, 3.05) is 0 Å². The Balaban J connectivity index is 2.35. The molecule has 0 heterocycles. The molecule has 0 N–H and O–H groups in total. The SMILES string of the molecule is CCc1ccc2c(c1-c1cc([Si](C)(C)C)cc([Si](C)(C)C)c1)C=C(C)[CH]2[Zr]([Cl])[Cl]. The van der Waals surface area contributed by atoms with Crippen LogP contribution < -0.4 is 10.4 Å². The molecule has 0 fully saturated rings. The van der Waals surface area contributed by atoms with Crippen LogP contribution in [-0.4, -0.2) is 16.1 Å². The first-order chi connectivity index (χ1) is 13.3. The Morgan fingerprint density at radius 2 is 1.45 bits per heavy atom. The second-order valence-corrected chi connectivity index (χ2v) is 29.3. The summed E-state index contributed by atoms with van der Waals surface area (Å²) in [5, 5.41) is 3.13. The first-order valence-electron chi connectivity index (χ1n) is 10.5. The zero-order chi connectivity index (χ0) is 21.7. The molecule has 1 unspecified atom stereocenters.